The maximum Gasteiger partial charge on any atom is 0.252 e. The normalized spacial score (nSPS) is 18.1. The molecule has 162 valence electrons. The van der Waals surface area contributed by atoms with Gasteiger partial charge in [-0.1, -0.05) is 18.2 Å². The molecule has 0 amide bonds. The largest absolute Gasteiger partial charge is 0.384 e. The Bertz CT molecular complexity index is 1110. The second-order valence-corrected chi connectivity index (χ2v) is 7.86. The molecular formula is C22H25ClFN7. The van der Waals surface area contributed by atoms with Crippen molar-refractivity contribution in [2.45, 2.75) is 19.4 Å². The van der Waals surface area contributed by atoms with E-state index in [1.54, 1.807) is 29.1 Å². The predicted octanol–water partition coefficient (Wildman–Crippen LogP) is 2.87. The summed E-state index contributed by atoms with van der Waals surface area (Å²) in [6.45, 7) is 5.74. The van der Waals surface area contributed by atoms with E-state index in [0.717, 1.165) is 49.5 Å². The van der Waals surface area contributed by atoms with Gasteiger partial charge in [0.25, 0.3) is 5.95 Å². The highest BCUT2D eigenvalue weighted by Crippen LogP contribution is 2.34. The van der Waals surface area contributed by atoms with Gasteiger partial charge in [0, 0.05) is 49.7 Å². The van der Waals surface area contributed by atoms with Crippen LogP contribution in [-0.2, 0) is 6.42 Å². The second-order valence-electron chi connectivity index (χ2n) is 7.86. The van der Waals surface area contributed by atoms with Gasteiger partial charge in [0.1, 0.15) is 11.6 Å². The van der Waals surface area contributed by atoms with E-state index in [2.05, 4.69) is 37.0 Å². The number of nitrogens with zero attached hydrogens (tertiary/aromatic N) is 6. The van der Waals surface area contributed by atoms with Gasteiger partial charge in [-0.25, -0.2) is 14.1 Å². The van der Waals surface area contributed by atoms with Crippen molar-refractivity contribution >= 4 is 30.0 Å². The van der Waals surface area contributed by atoms with Gasteiger partial charge in [-0.3, -0.25) is 4.90 Å². The Hall–Kier alpha value is -2.97. The lowest BCUT2D eigenvalue weighted by atomic mass is 10.1. The number of anilines is 2. The van der Waals surface area contributed by atoms with Crippen LogP contribution in [0.5, 0.6) is 0 Å². The number of rotatable bonds is 4. The Morgan fingerprint density at radius 1 is 1.26 bits per heavy atom. The highest BCUT2D eigenvalue weighted by molar-refractivity contribution is 5.85. The van der Waals surface area contributed by atoms with Crippen molar-refractivity contribution in [3.63, 3.8) is 0 Å². The molecule has 31 heavy (non-hydrogen) atoms. The molecule has 0 saturated carbocycles. The van der Waals surface area contributed by atoms with Crippen molar-refractivity contribution in [1.29, 1.82) is 0 Å². The van der Waals surface area contributed by atoms with Gasteiger partial charge in [-0.15, -0.1) is 12.4 Å². The summed E-state index contributed by atoms with van der Waals surface area (Å²) in [5.41, 5.74) is 10.1. The van der Waals surface area contributed by atoms with E-state index >= 15 is 0 Å². The number of nitrogen functional groups attached to an aromatic ring is 1. The van der Waals surface area contributed by atoms with Crippen LogP contribution in [0.25, 0.3) is 12.0 Å². The van der Waals surface area contributed by atoms with E-state index in [-0.39, 0.29) is 18.2 Å². The Balaban J connectivity index is 0.00000231. The lowest BCUT2D eigenvalue weighted by molar-refractivity contribution is 0.249. The smallest absolute Gasteiger partial charge is 0.252 e. The SMILES string of the molecule is Cc1c(/C=C/CN2CCN3c4cc(F)ccc4CC3C2)cnn1-c1nccc(N)n1.Cl. The van der Waals surface area contributed by atoms with E-state index < -0.39 is 0 Å². The van der Waals surface area contributed by atoms with Crippen LogP contribution in [0.15, 0.2) is 42.7 Å². The molecule has 7 nitrogen and oxygen atoms in total. The van der Waals surface area contributed by atoms with Crippen LogP contribution in [-0.4, -0.2) is 56.9 Å². The highest BCUT2D eigenvalue weighted by Gasteiger charge is 2.33. The monoisotopic (exact) mass is 441 g/mol. The molecule has 0 radical (unpaired) electrons. The number of benzene rings is 1. The topological polar surface area (TPSA) is 76.1 Å². The van der Waals surface area contributed by atoms with E-state index in [4.69, 9.17) is 5.73 Å². The molecule has 1 unspecified atom stereocenters. The number of hydrogen-bond donors (Lipinski definition) is 1. The van der Waals surface area contributed by atoms with Gasteiger partial charge >= 0.3 is 0 Å². The average molecular weight is 442 g/mol. The summed E-state index contributed by atoms with van der Waals surface area (Å²) in [7, 11) is 0. The Kier molecular flexibility index (Phi) is 5.93. The summed E-state index contributed by atoms with van der Waals surface area (Å²) in [4.78, 5) is 13.3. The number of hydrogen-bond acceptors (Lipinski definition) is 6. The Morgan fingerprint density at radius 3 is 2.97 bits per heavy atom. The number of piperazine rings is 1. The Morgan fingerprint density at radius 2 is 2.13 bits per heavy atom. The summed E-state index contributed by atoms with van der Waals surface area (Å²) in [6, 6.07) is 7.25. The third-order valence-electron chi connectivity index (χ3n) is 5.94. The number of aromatic nitrogens is 4. The van der Waals surface area contributed by atoms with E-state index in [1.165, 1.54) is 5.56 Å². The predicted molar refractivity (Wildman–Crippen MR) is 122 cm³/mol. The third kappa shape index (κ3) is 4.13. The summed E-state index contributed by atoms with van der Waals surface area (Å²) in [5, 5.41) is 4.40. The quantitative estimate of drug-likeness (QED) is 0.671. The summed E-state index contributed by atoms with van der Waals surface area (Å²) in [6.07, 6.45) is 8.70. The summed E-state index contributed by atoms with van der Waals surface area (Å²) >= 11 is 0. The minimum atomic E-state index is -0.153. The summed E-state index contributed by atoms with van der Waals surface area (Å²) < 4.78 is 15.3. The minimum Gasteiger partial charge on any atom is -0.384 e. The van der Waals surface area contributed by atoms with Gasteiger partial charge in [-0.2, -0.15) is 10.1 Å². The fraction of sp³-hybridized carbons (Fsp3) is 0.318. The molecule has 4 heterocycles. The van der Waals surface area contributed by atoms with Gasteiger partial charge in [0.15, 0.2) is 0 Å². The molecule has 2 aromatic heterocycles. The van der Waals surface area contributed by atoms with Crippen molar-refractivity contribution in [3.8, 4) is 5.95 Å². The van der Waals surface area contributed by atoms with Crippen molar-refractivity contribution in [3.05, 3.63) is 65.4 Å². The van der Waals surface area contributed by atoms with Crippen LogP contribution in [0, 0.1) is 12.7 Å². The first-order valence-electron chi connectivity index (χ1n) is 10.2. The first-order chi connectivity index (χ1) is 14.6. The first-order valence-corrected chi connectivity index (χ1v) is 10.2. The van der Waals surface area contributed by atoms with Gasteiger partial charge in [-0.05, 0) is 37.1 Å². The zero-order valence-corrected chi connectivity index (χ0v) is 18.1. The third-order valence-corrected chi connectivity index (χ3v) is 5.94. The molecule has 3 aromatic rings. The molecule has 2 aliphatic heterocycles. The Labute approximate surface area is 186 Å². The van der Waals surface area contributed by atoms with Crippen molar-refractivity contribution in [2.24, 2.45) is 0 Å². The molecule has 1 fully saturated rings. The van der Waals surface area contributed by atoms with Crippen LogP contribution in [0.1, 0.15) is 16.8 Å². The second kappa shape index (κ2) is 8.64. The van der Waals surface area contributed by atoms with Crippen LogP contribution < -0.4 is 10.6 Å². The minimum absolute atomic E-state index is 0. The highest BCUT2D eigenvalue weighted by atomic mass is 35.5. The molecule has 0 bridgehead atoms. The molecule has 1 aromatic carbocycles. The lowest BCUT2D eigenvalue weighted by Gasteiger charge is -2.38. The summed E-state index contributed by atoms with van der Waals surface area (Å²) in [5.74, 6) is 0.739. The van der Waals surface area contributed by atoms with Gasteiger partial charge in [0.2, 0.25) is 0 Å². The molecule has 9 heteroatoms. The van der Waals surface area contributed by atoms with E-state index in [9.17, 15) is 4.39 Å². The van der Waals surface area contributed by atoms with Crippen LogP contribution in [0.3, 0.4) is 0 Å². The maximum absolute atomic E-state index is 13.6. The molecule has 1 saturated heterocycles. The van der Waals surface area contributed by atoms with Crippen LogP contribution >= 0.6 is 12.4 Å². The molecule has 2 aliphatic rings. The first kappa shape index (κ1) is 21.3. The fourth-order valence-electron chi connectivity index (χ4n) is 4.39. The van der Waals surface area contributed by atoms with E-state index in [1.807, 2.05) is 19.2 Å². The molecule has 5 rings (SSSR count). The average Bonchev–Trinajstić information content (AvgIpc) is 3.28. The standard InChI is InChI=1S/C22H24FN7.ClH/c1-15-17(13-26-30(15)22-25-7-6-21(24)27-22)3-2-8-28-9-10-29-19(14-28)11-16-4-5-18(23)12-20(16)29;/h2-7,12-13,19H,8-11,14H2,1H3,(H2,24,25,27);1H/b3-2+;. The number of fused-ring (bicyclic) bond motifs is 3. The zero-order valence-electron chi connectivity index (χ0n) is 17.3. The number of nitrogens with two attached hydrogens (primary N) is 1. The van der Waals surface area contributed by atoms with Crippen molar-refractivity contribution in [2.75, 3.05) is 36.8 Å². The fourth-order valence-corrected chi connectivity index (χ4v) is 4.39. The van der Waals surface area contributed by atoms with Gasteiger partial charge < -0.3 is 10.6 Å². The van der Waals surface area contributed by atoms with Crippen molar-refractivity contribution < 1.29 is 4.39 Å². The lowest BCUT2D eigenvalue weighted by Crippen LogP contribution is -2.51. The molecule has 0 aliphatic carbocycles. The zero-order chi connectivity index (χ0) is 20.7. The van der Waals surface area contributed by atoms with E-state index in [0.29, 0.717) is 17.8 Å². The number of halogens is 2. The van der Waals surface area contributed by atoms with Crippen molar-refractivity contribution in [1.82, 2.24) is 24.6 Å². The van der Waals surface area contributed by atoms with Crippen LogP contribution in [0.4, 0.5) is 15.9 Å². The molecule has 1 atom stereocenters. The van der Waals surface area contributed by atoms with Gasteiger partial charge in [0.05, 0.1) is 11.9 Å². The molecular weight excluding hydrogens is 417 g/mol. The molecule has 0 spiro atoms. The van der Waals surface area contributed by atoms with Crippen LogP contribution in [0.2, 0.25) is 0 Å². The molecule has 2 N–H and O–H groups in total. The maximum atomic E-state index is 13.6.